The number of nitrogens with two attached hydrogens (primary N) is 1. The minimum absolute atomic E-state index is 0.288. The van der Waals surface area contributed by atoms with Crippen molar-refractivity contribution in [3.05, 3.63) is 23.8 Å². The molecular weight excluding hydrogens is 264 g/mol. The first kappa shape index (κ1) is 15.7. The lowest BCUT2D eigenvalue weighted by Gasteiger charge is -2.36. The maximum Gasteiger partial charge on any atom is 0.338 e. The van der Waals surface area contributed by atoms with E-state index < -0.39 is 0 Å². The van der Waals surface area contributed by atoms with Crippen LogP contribution in [-0.4, -0.2) is 25.7 Å². The van der Waals surface area contributed by atoms with Crippen molar-refractivity contribution in [1.29, 1.82) is 0 Å². The Hall–Kier alpha value is -1.71. The molecule has 4 heteroatoms. The molecule has 2 N–H and O–H groups in total. The lowest BCUT2D eigenvalue weighted by molar-refractivity contribution is 0.0526. The molecular formula is C17H26N2O2. The Labute approximate surface area is 127 Å². The van der Waals surface area contributed by atoms with Crippen LogP contribution in [0.5, 0.6) is 0 Å². The molecule has 0 aromatic heterocycles. The molecule has 0 aliphatic heterocycles. The molecule has 116 valence electrons. The van der Waals surface area contributed by atoms with E-state index in [0.29, 0.717) is 23.9 Å². The Kier molecular flexibility index (Phi) is 5.10. The number of benzene rings is 1. The number of esters is 1. The summed E-state index contributed by atoms with van der Waals surface area (Å²) in [5.41, 5.74) is 8.32. The Bertz CT molecular complexity index is 502. The largest absolute Gasteiger partial charge is 0.462 e. The molecule has 4 nitrogen and oxygen atoms in total. The van der Waals surface area contributed by atoms with E-state index in [9.17, 15) is 4.79 Å². The zero-order valence-corrected chi connectivity index (χ0v) is 13.3. The number of nitrogens with zero attached hydrogens (tertiary/aromatic N) is 1. The molecule has 1 aliphatic carbocycles. The van der Waals surface area contributed by atoms with Crippen LogP contribution in [0.15, 0.2) is 18.2 Å². The summed E-state index contributed by atoms with van der Waals surface area (Å²) in [4.78, 5) is 14.1. The number of hydrogen-bond donors (Lipinski definition) is 1. The van der Waals surface area contributed by atoms with Crippen molar-refractivity contribution < 1.29 is 9.53 Å². The van der Waals surface area contributed by atoms with Crippen LogP contribution in [0.1, 0.15) is 49.9 Å². The van der Waals surface area contributed by atoms with E-state index in [2.05, 4.69) is 18.9 Å². The number of hydrogen-bond acceptors (Lipinski definition) is 4. The maximum atomic E-state index is 11.9. The molecule has 0 bridgehead atoms. The third kappa shape index (κ3) is 3.69. The normalized spacial score (nSPS) is 21.9. The van der Waals surface area contributed by atoms with Gasteiger partial charge in [-0.1, -0.05) is 19.8 Å². The van der Waals surface area contributed by atoms with E-state index in [1.54, 1.807) is 12.1 Å². The second kappa shape index (κ2) is 6.83. The maximum absolute atomic E-state index is 11.9. The molecule has 2 atom stereocenters. The van der Waals surface area contributed by atoms with E-state index >= 15 is 0 Å². The number of carbonyl (C=O) groups excluding carboxylic acids is 1. The monoisotopic (exact) mass is 290 g/mol. The van der Waals surface area contributed by atoms with Gasteiger partial charge in [-0.15, -0.1) is 0 Å². The first-order valence-corrected chi connectivity index (χ1v) is 7.82. The average Bonchev–Trinajstić information content (AvgIpc) is 2.47. The van der Waals surface area contributed by atoms with Gasteiger partial charge in [0, 0.05) is 13.1 Å². The highest BCUT2D eigenvalue weighted by Gasteiger charge is 2.24. The lowest BCUT2D eigenvalue weighted by atomic mass is 9.86. The summed E-state index contributed by atoms with van der Waals surface area (Å²) in [6.07, 6.45) is 4.93. The molecule has 0 amide bonds. The summed E-state index contributed by atoms with van der Waals surface area (Å²) < 4.78 is 5.07. The summed E-state index contributed by atoms with van der Waals surface area (Å²) in [5.74, 6) is 0.463. The number of ether oxygens (including phenoxy) is 1. The van der Waals surface area contributed by atoms with Gasteiger partial charge in [0.1, 0.15) is 0 Å². The van der Waals surface area contributed by atoms with Crippen LogP contribution in [0.4, 0.5) is 11.4 Å². The molecule has 0 radical (unpaired) electrons. The fraction of sp³-hybridized carbons (Fsp3) is 0.588. The van der Waals surface area contributed by atoms with Gasteiger partial charge in [-0.25, -0.2) is 4.79 Å². The highest BCUT2D eigenvalue weighted by Crippen LogP contribution is 2.32. The Morgan fingerprint density at radius 3 is 2.86 bits per heavy atom. The number of carbonyl (C=O) groups is 1. The summed E-state index contributed by atoms with van der Waals surface area (Å²) in [7, 11) is 2.07. The molecule has 0 spiro atoms. The van der Waals surface area contributed by atoms with E-state index in [1.807, 2.05) is 13.0 Å². The van der Waals surface area contributed by atoms with E-state index in [1.165, 1.54) is 25.7 Å². The van der Waals surface area contributed by atoms with E-state index in [-0.39, 0.29) is 5.97 Å². The van der Waals surface area contributed by atoms with Crippen molar-refractivity contribution in [3.63, 3.8) is 0 Å². The van der Waals surface area contributed by atoms with Gasteiger partial charge in [0.15, 0.2) is 0 Å². The van der Waals surface area contributed by atoms with Gasteiger partial charge in [-0.3, -0.25) is 0 Å². The van der Waals surface area contributed by atoms with Crippen molar-refractivity contribution >= 4 is 17.3 Å². The minimum atomic E-state index is -0.288. The van der Waals surface area contributed by atoms with Gasteiger partial charge < -0.3 is 15.4 Å². The minimum Gasteiger partial charge on any atom is -0.462 e. The molecule has 1 aromatic carbocycles. The molecule has 1 saturated carbocycles. The highest BCUT2D eigenvalue weighted by atomic mass is 16.5. The number of nitrogen functional groups attached to an aromatic ring is 1. The van der Waals surface area contributed by atoms with Crippen LogP contribution in [0.2, 0.25) is 0 Å². The predicted molar refractivity (Wildman–Crippen MR) is 86.6 cm³/mol. The molecule has 1 aromatic rings. The van der Waals surface area contributed by atoms with Crippen LogP contribution < -0.4 is 10.6 Å². The molecule has 0 heterocycles. The predicted octanol–water partition coefficient (Wildman–Crippen LogP) is 3.46. The zero-order valence-electron chi connectivity index (χ0n) is 13.3. The topological polar surface area (TPSA) is 55.6 Å². The molecule has 21 heavy (non-hydrogen) atoms. The number of rotatable bonds is 4. The van der Waals surface area contributed by atoms with Crippen molar-refractivity contribution in [2.75, 3.05) is 24.3 Å². The fourth-order valence-corrected chi connectivity index (χ4v) is 3.14. The summed E-state index contributed by atoms with van der Waals surface area (Å²) in [5, 5.41) is 0. The fourth-order valence-electron chi connectivity index (χ4n) is 3.14. The Morgan fingerprint density at radius 2 is 2.19 bits per heavy atom. The van der Waals surface area contributed by atoms with Crippen molar-refractivity contribution in [3.8, 4) is 0 Å². The Morgan fingerprint density at radius 1 is 1.43 bits per heavy atom. The molecule has 1 fully saturated rings. The van der Waals surface area contributed by atoms with Crippen LogP contribution >= 0.6 is 0 Å². The summed E-state index contributed by atoms with van der Waals surface area (Å²) in [6, 6.07) is 5.87. The quantitative estimate of drug-likeness (QED) is 0.681. The second-order valence-corrected chi connectivity index (χ2v) is 6.03. The van der Waals surface area contributed by atoms with Crippen LogP contribution in [0, 0.1) is 5.92 Å². The number of anilines is 2. The van der Waals surface area contributed by atoms with Crippen molar-refractivity contribution in [2.45, 2.75) is 45.6 Å². The van der Waals surface area contributed by atoms with Gasteiger partial charge in [0.25, 0.3) is 0 Å². The second-order valence-electron chi connectivity index (χ2n) is 6.03. The van der Waals surface area contributed by atoms with Crippen LogP contribution in [0.3, 0.4) is 0 Å². The molecule has 2 rings (SSSR count). The van der Waals surface area contributed by atoms with Crippen molar-refractivity contribution in [1.82, 2.24) is 0 Å². The summed E-state index contributed by atoms with van der Waals surface area (Å²) >= 11 is 0. The van der Waals surface area contributed by atoms with Gasteiger partial charge in [0.2, 0.25) is 0 Å². The van der Waals surface area contributed by atoms with Crippen LogP contribution in [0.25, 0.3) is 0 Å². The third-order valence-corrected chi connectivity index (χ3v) is 4.38. The highest BCUT2D eigenvalue weighted by molar-refractivity contribution is 5.92. The van der Waals surface area contributed by atoms with Gasteiger partial charge in [0.05, 0.1) is 23.5 Å². The Balaban J connectivity index is 2.21. The van der Waals surface area contributed by atoms with Crippen LogP contribution in [-0.2, 0) is 4.74 Å². The lowest BCUT2D eigenvalue weighted by Crippen LogP contribution is -2.36. The zero-order chi connectivity index (χ0) is 15.4. The van der Waals surface area contributed by atoms with E-state index in [4.69, 9.17) is 10.5 Å². The first-order chi connectivity index (χ1) is 10.0. The average molecular weight is 290 g/mol. The van der Waals surface area contributed by atoms with Gasteiger partial charge >= 0.3 is 5.97 Å². The standard InChI is InChI=1S/C17H26N2O2/c1-4-21-17(20)13-8-9-15(18)16(11-13)19(3)14-7-5-6-12(2)10-14/h8-9,11-12,14H,4-7,10,18H2,1-3H3. The smallest absolute Gasteiger partial charge is 0.338 e. The van der Waals surface area contributed by atoms with Crippen molar-refractivity contribution in [2.24, 2.45) is 5.92 Å². The molecule has 1 aliphatic rings. The summed E-state index contributed by atoms with van der Waals surface area (Å²) in [6.45, 7) is 4.50. The first-order valence-electron chi connectivity index (χ1n) is 7.82. The third-order valence-electron chi connectivity index (χ3n) is 4.38. The van der Waals surface area contributed by atoms with Gasteiger partial charge in [-0.2, -0.15) is 0 Å². The van der Waals surface area contributed by atoms with Gasteiger partial charge in [-0.05, 0) is 43.9 Å². The van der Waals surface area contributed by atoms with E-state index in [0.717, 1.165) is 11.6 Å². The molecule has 0 saturated heterocycles. The molecule has 2 unspecified atom stereocenters. The SMILES string of the molecule is CCOC(=O)c1ccc(N)c(N(C)C2CCCC(C)C2)c1.